The summed E-state index contributed by atoms with van der Waals surface area (Å²) >= 11 is 0. The zero-order chi connectivity index (χ0) is 14.5. The molecule has 0 aliphatic heterocycles. The number of allylic oxidation sites excluding steroid dienone is 2. The third-order valence-electron chi connectivity index (χ3n) is 4.48. The summed E-state index contributed by atoms with van der Waals surface area (Å²) in [7, 11) is 3.52. The van der Waals surface area contributed by atoms with Crippen LogP contribution in [0.25, 0.3) is 0 Å². The maximum absolute atomic E-state index is 12.5. The van der Waals surface area contributed by atoms with Crippen molar-refractivity contribution in [2.45, 2.75) is 51.0 Å². The van der Waals surface area contributed by atoms with E-state index in [2.05, 4.69) is 5.32 Å². The molecule has 2 amide bonds. The number of carbonyl (C=O) groups excluding carboxylic acids is 2. The Morgan fingerprint density at radius 1 is 1.00 bits per heavy atom. The monoisotopic (exact) mass is 278 g/mol. The number of nitrogens with one attached hydrogen (secondary N) is 1. The molecule has 0 saturated heterocycles. The van der Waals surface area contributed by atoms with Crippen LogP contribution in [0, 0.1) is 11.8 Å². The summed E-state index contributed by atoms with van der Waals surface area (Å²) in [6, 6.07) is 0.317. The summed E-state index contributed by atoms with van der Waals surface area (Å²) < 4.78 is 0. The van der Waals surface area contributed by atoms with E-state index in [-0.39, 0.29) is 23.7 Å². The fourth-order valence-electron chi connectivity index (χ4n) is 3.26. The first kappa shape index (κ1) is 15.1. The molecule has 1 saturated carbocycles. The van der Waals surface area contributed by atoms with Crippen LogP contribution in [-0.4, -0.2) is 36.9 Å². The second-order valence-electron chi connectivity index (χ2n) is 6.23. The minimum Gasteiger partial charge on any atom is -0.353 e. The molecule has 0 spiro atoms. The molecule has 2 rings (SSSR count). The summed E-state index contributed by atoms with van der Waals surface area (Å²) in [5, 5.41) is 3.17. The van der Waals surface area contributed by atoms with Gasteiger partial charge < -0.3 is 10.2 Å². The highest BCUT2D eigenvalue weighted by Crippen LogP contribution is 2.28. The third-order valence-corrected chi connectivity index (χ3v) is 4.48. The van der Waals surface area contributed by atoms with Gasteiger partial charge in [0.25, 0.3) is 0 Å². The number of nitrogens with zero attached hydrogens (tertiary/aromatic N) is 1. The average Bonchev–Trinajstić information content (AvgIpc) is 2.47. The Balaban J connectivity index is 1.98. The minimum atomic E-state index is -0.197. The number of amides is 2. The van der Waals surface area contributed by atoms with Crippen LogP contribution < -0.4 is 5.32 Å². The molecule has 112 valence electrons. The molecule has 4 heteroatoms. The number of carbonyl (C=O) groups is 2. The van der Waals surface area contributed by atoms with Gasteiger partial charge >= 0.3 is 0 Å². The maximum atomic E-state index is 12.5. The highest BCUT2D eigenvalue weighted by Gasteiger charge is 2.35. The van der Waals surface area contributed by atoms with Gasteiger partial charge in [-0.05, 0) is 25.7 Å². The van der Waals surface area contributed by atoms with Crippen molar-refractivity contribution >= 4 is 11.8 Å². The smallest absolute Gasteiger partial charge is 0.226 e. The highest BCUT2D eigenvalue weighted by atomic mass is 16.2. The molecule has 0 radical (unpaired) electrons. The van der Waals surface area contributed by atoms with E-state index < -0.39 is 0 Å². The summed E-state index contributed by atoms with van der Waals surface area (Å²) in [5.41, 5.74) is 0. The Kier molecular flexibility index (Phi) is 5.21. The first-order valence-corrected chi connectivity index (χ1v) is 7.76. The zero-order valence-electron chi connectivity index (χ0n) is 12.6. The number of rotatable bonds is 3. The molecule has 0 bridgehead atoms. The van der Waals surface area contributed by atoms with Crippen molar-refractivity contribution in [2.75, 3.05) is 14.1 Å². The van der Waals surface area contributed by atoms with Gasteiger partial charge in [0.2, 0.25) is 11.8 Å². The van der Waals surface area contributed by atoms with E-state index in [0.29, 0.717) is 18.9 Å². The van der Waals surface area contributed by atoms with Crippen LogP contribution >= 0.6 is 0 Å². The first-order valence-electron chi connectivity index (χ1n) is 7.76. The first-order chi connectivity index (χ1) is 9.59. The van der Waals surface area contributed by atoms with Crippen LogP contribution in [-0.2, 0) is 9.59 Å². The van der Waals surface area contributed by atoms with Gasteiger partial charge in [0.1, 0.15) is 0 Å². The number of hydrogen-bond donors (Lipinski definition) is 1. The third kappa shape index (κ3) is 3.62. The van der Waals surface area contributed by atoms with Crippen LogP contribution in [0.1, 0.15) is 44.9 Å². The quantitative estimate of drug-likeness (QED) is 0.804. The van der Waals surface area contributed by atoms with Crippen LogP contribution in [0.15, 0.2) is 12.2 Å². The Bertz CT molecular complexity index is 384. The molecule has 4 nitrogen and oxygen atoms in total. The molecular weight excluding hydrogens is 252 g/mol. The van der Waals surface area contributed by atoms with Crippen molar-refractivity contribution < 1.29 is 9.59 Å². The topological polar surface area (TPSA) is 49.4 Å². The molecule has 0 heterocycles. The Morgan fingerprint density at radius 2 is 1.60 bits per heavy atom. The normalized spacial score (nSPS) is 27.1. The summed E-state index contributed by atoms with van der Waals surface area (Å²) in [6.45, 7) is 0. The lowest BCUT2D eigenvalue weighted by Crippen LogP contribution is -2.46. The number of hydrogen-bond acceptors (Lipinski definition) is 2. The van der Waals surface area contributed by atoms with Gasteiger partial charge in [-0.3, -0.25) is 9.59 Å². The van der Waals surface area contributed by atoms with Crippen molar-refractivity contribution in [1.82, 2.24) is 10.2 Å². The highest BCUT2D eigenvalue weighted by molar-refractivity contribution is 5.88. The average molecular weight is 278 g/mol. The van der Waals surface area contributed by atoms with Gasteiger partial charge in [0.05, 0.1) is 11.8 Å². The van der Waals surface area contributed by atoms with Gasteiger partial charge in [-0.2, -0.15) is 0 Å². The lowest BCUT2D eigenvalue weighted by Gasteiger charge is -2.31. The standard InChI is InChI=1S/C16H26N2O2/c1-18(2)16(20)14-11-7-6-10-13(14)15(19)17-12-8-4-3-5-9-12/h6-7,12-14H,3-5,8-11H2,1-2H3,(H,17,19). The molecule has 1 fully saturated rings. The summed E-state index contributed by atoms with van der Waals surface area (Å²) in [6.07, 6.45) is 11.3. The van der Waals surface area contributed by atoms with Crippen molar-refractivity contribution in [3.63, 3.8) is 0 Å². The molecule has 2 aliphatic carbocycles. The fourth-order valence-corrected chi connectivity index (χ4v) is 3.26. The Labute approximate surface area is 121 Å². The van der Waals surface area contributed by atoms with Crippen molar-refractivity contribution in [1.29, 1.82) is 0 Å². The maximum Gasteiger partial charge on any atom is 0.226 e. The SMILES string of the molecule is CN(C)C(=O)C1CC=CCC1C(=O)NC1CCCCC1. The predicted octanol–water partition coefficient (Wildman–Crippen LogP) is 2.11. The van der Waals surface area contributed by atoms with Crippen LogP contribution in [0.3, 0.4) is 0 Å². The summed E-state index contributed by atoms with van der Waals surface area (Å²) in [5.74, 6) is -0.255. The summed E-state index contributed by atoms with van der Waals surface area (Å²) in [4.78, 5) is 26.3. The van der Waals surface area contributed by atoms with Crippen molar-refractivity contribution in [3.05, 3.63) is 12.2 Å². The molecule has 1 N–H and O–H groups in total. The molecule has 20 heavy (non-hydrogen) atoms. The molecule has 2 atom stereocenters. The van der Waals surface area contributed by atoms with Crippen LogP contribution in [0.4, 0.5) is 0 Å². The van der Waals surface area contributed by atoms with E-state index in [0.717, 1.165) is 12.8 Å². The van der Waals surface area contributed by atoms with E-state index in [1.165, 1.54) is 19.3 Å². The largest absolute Gasteiger partial charge is 0.353 e. The predicted molar refractivity (Wildman–Crippen MR) is 79.1 cm³/mol. The lowest BCUT2D eigenvalue weighted by atomic mass is 9.81. The van der Waals surface area contributed by atoms with Gasteiger partial charge in [-0.1, -0.05) is 31.4 Å². The molecule has 0 aromatic rings. The van der Waals surface area contributed by atoms with E-state index >= 15 is 0 Å². The van der Waals surface area contributed by atoms with E-state index in [1.54, 1.807) is 19.0 Å². The zero-order valence-corrected chi connectivity index (χ0v) is 12.6. The van der Waals surface area contributed by atoms with Gasteiger partial charge in [-0.15, -0.1) is 0 Å². The molecule has 0 aromatic heterocycles. The van der Waals surface area contributed by atoms with Crippen molar-refractivity contribution in [2.24, 2.45) is 11.8 Å². The van der Waals surface area contributed by atoms with Gasteiger partial charge in [-0.25, -0.2) is 0 Å². The van der Waals surface area contributed by atoms with Gasteiger partial charge in [0.15, 0.2) is 0 Å². The molecule has 0 aromatic carbocycles. The minimum absolute atomic E-state index is 0.0677. The van der Waals surface area contributed by atoms with E-state index in [9.17, 15) is 9.59 Å². The molecule has 2 unspecified atom stereocenters. The van der Waals surface area contributed by atoms with Crippen LogP contribution in [0.2, 0.25) is 0 Å². The second kappa shape index (κ2) is 6.91. The van der Waals surface area contributed by atoms with Gasteiger partial charge in [0, 0.05) is 20.1 Å². The molecule has 2 aliphatic rings. The second-order valence-corrected chi connectivity index (χ2v) is 6.23. The fraction of sp³-hybridized carbons (Fsp3) is 0.750. The van der Waals surface area contributed by atoms with E-state index in [1.807, 2.05) is 12.2 Å². The lowest BCUT2D eigenvalue weighted by molar-refractivity contribution is -0.140. The Hall–Kier alpha value is -1.32. The van der Waals surface area contributed by atoms with E-state index in [4.69, 9.17) is 0 Å². The van der Waals surface area contributed by atoms with Crippen molar-refractivity contribution in [3.8, 4) is 0 Å². The Morgan fingerprint density at radius 3 is 2.20 bits per heavy atom. The van der Waals surface area contributed by atoms with Crippen LogP contribution in [0.5, 0.6) is 0 Å². The molecular formula is C16H26N2O2.